The van der Waals surface area contributed by atoms with E-state index in [-0.39, 0.29) is 23.9 Å². The average Bonchev–Trinajstić information content (AvgIpc) is 3.48. The molecule has 2 amide bonds. The van der Waals surface area contributed by atoms with Gasteiger partial charge < -0.3 is 19.1 Å². The monoisotopic (exact) mass is 401 g/mol. The second-order valence-corrected chi connectivity index (χ2v) is 8.46. The normalized spacial score (nSPS) is 27.7. The Morgan fingerprint density at radius 2 is 1.87 bits per heavy atom. The van der Waals surface area contributed by atoms with Gasteiger partial charge in [-0.1, -0.05) is 48.5 Å². The van der Waals surface area contributed by atoms with Crippen molar-refractivity contribution in [2.24, 2.45) is 7.05 Å². The van der Waals surface area contributed by atoms with Crippen LogP contribution < -0.4 is 0 Å². The molecule has 3 atom stereocenters. The predicted octanol–water partition coefficient (Wildman–Crippen LogP) is 3.09. The van der Waals surface area contributed by atoms with Gasteiger partial charge in [0.05, 0.1) is 25.1 Å². The molecule has 3 aromatic rings. The number of amides is 2. The minimum Gasteiger partial charge on any atom is -0.351 e. The van der Waals surface area contributed by atoms with Crippen LogP contribution in [0.3, 0.4) is 0 Å². The second kappa shape index (κ2) is 6.19. The van der Waals surface area contributed by atoms with Crippen LogP contribution in [0.25, 0.3) is 10.9 Å². The van der Waals surface area contributed by atoms with E-state index in [2.05, 4.69) is 0 Å². The molecule has 6 rings (SSSR count). The summed E-state index contributed by atoms with van der Waals surface area (Å²) >= 11 is 0. The van der Waals surface area contributed by atoms with Crippen LogP contribution in [0.5, 0.6) is 0 Å². The molecule has 6 heteroatoms. The van der Waals surface area contributed by atoms with Gasteiger partial charge in [0.15, 0.2) is 5.72 Å². The maximum absolute atomic E-state index is 13.5. The SMILES string of the molecule is Cn1c(C(=O)N2CC[C@@]34OC[C@@H](c5ccccc5)N3C(=O)C[C@@H]24)cc2ccccc21. The molecule has 0 aliphatic carbocycles. The summed E-state index contributed by atoms with van der Waals surface area (Å²) < 4.78 is 8.28. The Hall–Kier alpha value is -3.12. The smallest absolute Gasteiger partial charge is 0.270 e. The lowest BCUT2D eigenvalue weighted by Gasteiger charge is -2.33. The summed E-state index contributed by atoms with van der Waals surface area (Å²) in [6.07, 6.45) is 0.974. The van der Waals surface area contributed by atoms with Crippen LogP contribution in [0.2, 0.25) is 0 Å². The third-order valence-corrected chi connectivity index (χ3v) is 7.07. The largest absolute Gasteiger partial charge is 0.351 e. The van der Waals surface area contributed by atoms with E-state index >= 15 is 0 Å². The minimum atomic E-state index is -0.697. The zero-order chi connectivity index (χ0) is 20.5. The summed E-state index contributed by atoms with van der Waals surface area (Å²) in [5.41, 5.74) is 2.07. The molecule has 0 radical (unpaired) electrons. The van der Waals surface area contributed by atoms with Gasteiger partial charge in [-0.05, 0) is 17.7 Å². The minimum absolute atomic E-state index is 0.0306. The number of aromatic nitrogens is 1. The van der Waals surface area contributed by atoms with E-state index < -0.39 is 5.72 Å². The summed E-state index contributed by atoms with van der Waals surface area (Å²) in [5.74, 6) is 0.0397. The van der Waals surface area contributed by atoms with Crippen molar-refractivity contribution in [3.8, 4) is 0 Å². The standard InChI is InChI=1S/C24H23N3O3/c1-25-18-10-6-5-9-17(18)13-19(25)23(29)26-12-11-24-21(26)14-22(28)27(24)20(15-30-24)16-7-3-2-4-8-16/h2-10,13,20-21H,11-12,14-15H2,1H3/t20-,21+,24-/m0/s1. The van der Waals surface area contributed by atoms with Crippen LogP contribution in [0.15, 0.2) is 60.7 Å². The summed E-state index contributed by atoms with van der Waals surface area (Å²) in [5, 5.41) is 1.04. The first-order valence-electron chi connectivity index (χ1n) is 10.5. The number of nitrogens with zero attached hydrogens (tertiary/aromatic N) is 3. The molecule has 0 bridgehead atoms. The first kappa shape index (κ1) is 17.7. The number of hydrogen-bond acceptors (Lipinski definition) is 3. The number of carbonyl (C=O) groups excluding carboxylic acids is 2. The lowest BCUT2D eigenvalue weighted by molar-refractivity contribution is -0.138. The third kappa shape index (κ3) is 2.22. The Labute approximate surface area is 174 Å². The molecular formula is C24H23N3O3. The van der Waals surface area contributed by atoms with Gasteiger partial charge in [0, 0.05) is 30.9 Å². The van der Waals surface area contributed by atoms with Crippen molar-refractivity contribution in [1.82, 2.24) is 14.4 Å². The zero-order valence-electron chi connectivity index (χ0n) is 16.8. The van der Waals surface area contributed by atoms with Gasteiger partial charge in [-0.25, -0.2) is 0 Å². The fraction of sp³-hybridized carbons (Fsp3) is 0.333. The fourth-order valence-electron chi connectivity index (χ4n) is 5.65. The van der Waals surface area contributed by atoms with Crippen molar-refractivity contribution in [3.05, 3.63) is 71.9 Å². The van der Waals surface area contributed by atoms with Crippen molar-refractivity contribution >= 4 is 22.7 Å². The molecule has 3 saturated heterocycles. The molecule has 6 nitrogen and oxygen atoms in total. The van der Waals surface area contributed by atoms with Gasteiger partial charge >= 0.3 is 0 Å². The predicted molar refractivity (Wildman–Crippen MR) is 112 cm³/mol. The topological polar surface area (TPSA) is 54.8 Å². The summed E-state index contributed by atoms with van der Waals surface area (Å²) in [6.45, 7) is 1.07. The summed E-state index contributed by atoms with van der Waals surface area (Å²) in [4.78, 5) is 30.4. The molecule has 2 aromatic carbocycles. The van der Waals surface area contributed by atoms with Crippen LogP contribution in [0, 0.1) is 0 Å². The Balaban J connectivity index is 1.35. The number of aryl methyl sites for hydroxylation is 1. The van der Waals surface area contributed by atoms with Gasteiger partial charge in [0.25, 0.3) is 5.91 Å². The van der Waals surface area contributed by atoms with Crippen molar-refractivity contribution in [1.29, 1.82) is 0 Å². The third-order valence-electron chi connectivity index (χ3n) is 7.07. The molecule has 30 heavy (non-hydrogen) atoms. The van der Waals surface area contributed by atoms with E-state index in [1.807, 2.05) is 82.1 Å². The highest BCUT2D eigenvalue weighted by Crippen LogP contribution is 2.51. The quantitative estimate of drug-likeness (QED) is 0.663. The van der Waals surface area contributed by atoms with Gasteiger partial charge in [0.1, 0.15) is 5.69 Å². The van der Waals surface area contributed by atoms with Crippen molar-refractivity contribution in [3.63, 3.8) is 0 Å². The van der Waals surface area contributed by atoms with Crippen LogP contribution in [0.4, 0.5) is 0 Å². The van der Waals surface area contributed by atoms with Gasteiger partial charge in [-0.2, -0.15) is 0 Å². The number of carbonyl (C=O) groups is 2. The highest BCUT2D eigenvalue weighted by molar-refractivity contribution is 5.99. The lowest BCUT2D eigenvalue weighted by atomic mass is 10.0. The molecule has 3 aliphatic heterocycles. The van der Waals surface area contributed by atoms with E-state index in [0.717, 1.165) is 16.5 Å². The van der Waals surface area contributed by atoms with E-state index in [9.17, 15) is 9.59 Å². The molecule has 0 N–H and O–H groups in total. The first-order valence-corrected chi connectivity index (χ1v) is 10.5. The maximum Gasteiger partial charge on any atom is 0.270 e. The number of benzene rings is 2. The number of likely N-dealkylation sites (tertiary alicyclic amines) is 1. The number of fused-ring (bicyclic) bond motifs is 1. The molecule has 3 fully saturated rings. The van der Waals surface area contributed by atoms with E-state index in [4.69, 9.17) is 4.74 Å². The first-order chi connectivity index (χ1) is 14.6. The Morgan fingerprint density at radius 1 is 1.10 bits per heavy atom. The molecule has 4 heterocycles. The lowest BCUT2D eigenvalue weighted by Crippen LogP contribution is -2.49. The maximum atomic E-state index is 13.5. The van der Waals surface area contributed by atoms with Crippen LogP contribution in [-0.2, 0) is 16.6 Å². The van der Waals surface area contributed by atoms with Crippen LogP contribution in [0.1, 0.15) is 34.9 Å². The molecule has 3 aliphatic rings. The Kier molecular flexibility index (Phi) is 3.65. The highest BCUT2D eigenvalue weighted by atomic mass is 16.5. The fourth-order valence-corrected chi connectivity index (χ4v) is 5.65. The summed E-state index contributed by atoms with van der Waals surface area (Å²) in [6, 6.07) is 19.6. The molecule has 152 valence electrons. The van der Waals surface area contributed by atoms with Crippen LogP contribution >= 0.6 is 0 Å². The molecule has 0 unspecified atom stereocenters. The molecule has 1 spiro atoms. The Bertz CT molecular complexity index is 1170. The molecule has 1 aromatic heterocycles. The number of hydrogen-bond donors (Lipinski definition) is 0. The zero-order valence-corrected chi connectivity index (χ0v) is 16.8. The number of para-hydroxylation sites is 1. The van der Waals surface area contributed by atoms with E-state index in [1.165, 1.54) is 0 Å². The number of ether oxygens (including phenoxy) is 1. The van der Waals surface area contributed by atoms with E-state index in [1.54, 1.807) is 0 Å². The average molecular weight is 401 g/mol. The van der Waals surface area contributed by atoms with E-state index in [0.29, 0.717) is 31.7 Å². The highest BCUT2D eigenvalue weighted by Gasteiger charge is 2.65. The van der Waals surface area contributed by atoms with Gasteiger partial charge in [-0.3, -0.25) is 9.59 Å². The van der Waals surface area contributed by atoms with Crippen molar-refractivity contribution in [2.45, 2.75) is 30.7 Å². The van der Waals surface area contributed by atoms with Gasteiger partial charge in [-0.15, -0.1) is 0 Å². The van der Waals surface area contributed by atoms with Crippen molar-refractivity contribution in [2.75, 3.05) is 13.2 Å². The summed E-state index contributed by atoms with van der Waals surface area (Å²) in [7, 11) is 1.92. The van der Waals surface area contributed by atoms with Crippen LogP contribution in [-0.4, -0.2) is 51.1 Å². The molecular weight excluding hydrogens is 378 g/mol. The number of rotatable bonds is 2. The Morgan fingerprint density at radius 3 is 2.67 bits per heavy atom. The van der Waals surface area contributed by atoms with Crippen molar-refractivity contribution < 1.29 is 14.3 Å². The molecule has 0 saturated carbocycles. The van der Waals surface area contributed by atoms with Gasteiger partial charge in [0.2, 0.25) is 5.91 Å². The second-order valence-electron chi connectivity index (χ2n) is 8.46.